The minimum atomic E-state index is -0.00335. The molecule has 0 aliphatic carbocycles. The van der Waals surface area contributed by atoms with Gasteiger partial charge in [0.25, 0.3) is 0 Å². The number of rotatable bonds is 8. The van der Waals surface area contributed by atoms with Crippen molar-refractivity contribution in [2.45, 2.75) is 25.0 Å². The summed E-state index contributed by atoms with van der Waals surface area (Å²) in [5, 5.41) is 15.8. The molecule has 8 heteroatoms. The number of hydrogen-bond acceptors (Lipinski definition) is 6. The second-order valence-corrected chi connectivity index (χ2v) is 8.34. The maximum atomic E-state index is 13.1. The number of aromatic nitrogens is 4. The van der Waals surface area contributed by atoms with Gasteiger partial charge in [-0.05, 0) is 72.8 Å². The topological polar surface area (TPSA) is 75.9 Å². The minimum absolute atomic E-state index is 0.00335. The van der Waals surface area contributed by atoms with Crippen LogP contribution in [0.1, 0.15) is 13.8 Å². The number of tetrazole rings is 1. The highest BCUT2D eigenvalue weighted by atomic mass is 32.2. The molecular weight excluding hydrogens is 420 g/mol. The number of nitrogens with zero attached hydrogens (tertiary/aromatic N) is 5. The standard InChI is InChI=1S/C24H24N6OS/c1-18(2)29(21-15-13-20(14-16-21)25-19-9-5-3-6-10-19)23(31)17-32-24-26-27-28-30(24)22-11-7-4-8-12-22/h3-16,18,25H,17H2,1-2H3. The van der Waals surface area contributed by atoms with Crippen molar-refractivity contribution >= 4 is 34.7 Å². The molecule has 0 atom stereocenters. The van der Waals surface area contributed by atoms with Gasteiger partial charge in [0.2, 0.25) is 11.1 Å². The van der Waals surface area contributed by atoms with Crippen molar-refractivity contribution in [3.05, 3.63) is 84.9 Å². The average molecular weight is 445 g/mol. The highest BCUT2D eigenvalue weighted by Gasteiger charge is 2.21. The molecule has 3 aromatic carbocycles. The highest BCUT2D eigenvalue weighted by Crippen LogP contribution is 2.25. The summed E-state index contributed by atoms with van der Waals surface area (Å²) in [6.07, 6.45) is 0. The van der Waals surface area contributed by atoms with Crippen LogP contribution < -0.4 is 10.2 Å². The molecule has 0 bridgehead atoms. The van der Waals surface area contributed by atoms with Gasteiger partial charge in [-0.3, -0.25) is 4.79 Å². The number of carbonyl (C=O) groups is 1. The van der Waals surface area contributed by atoms with Crippen LogP contribution in [0.4, 0.5) is 17.1 Å². The summed E-state index contributed by atoms with van der Waals surface area (Å²) in [6, 6.07) is 27.5. The van der Waals surface area contributed by atoms with Crippen LogP contribution in [-0.4, -0.2) is 37.9 Å². The molecule has 0 saturated heterocycles. The molecule has 162 valence electrons. The van der Waals surface area contributed by atoms with Crippen molar-refractivity contribution in [1.82, 2.24) is 20.2 Å². The summed E-state index contributed by atoms with van der Waals surface area (Å²) in [7, 11) is 0. The molecule has 32 heavy (non-hydrogen) atoms. The van der Waals surface area contributed by atoms with E-state index in [4.69, 9.17) is 0 Å². The minimum Gasteiger partial charge on any atom is -0.356 e. The molecule has 4 rings (SSSR count). The van der Waals surface area contributed by atoms with E-state index in [0.29, 0.717) is 5.16 Å². The molecule has 0 radical (unpaired) electrons. The van der Waals surface area contributed by atoms with Gasteiger partial charge in [0.1, 0.15) is 0 Å². The van der Waals surface area contributed by atoms with Crippen molar-refractivity contribution in [1.29, 1.82) is 0 Å². The van der Waals surface area contributed by atoms with Gasteiger partial charge in [-0.1, -0.05) is 48.2 Å². The largest absolute Gasteiger partial charge is 0.356 e. The van der Waals surface area contributed by atoms with E-state index in [2.05, 4.69) is 20.8 Å². The summed E-state index contributed by atoms with van der Waals surface area (Å²) in [5.74, 6) is 0.228. The lowest BCUT2D eigenvalue weighted by atomic mass is 10.2. The monoisotopic (exact) mass is 444 g/mol. The Morgan fingerprint density at radius 1 is 0.938 bits per heavy atom. The van der Waals surface area contributed by atoms with Gasteiger partial charge in [0, 0.05) is 23.1 Å². The fourth-order valence-electron chi connectivity index (χ4n) is 3.32. The lowest BCUT2D eigenvalue weighted by molar-refractivity contribution is -0.116. The zero-order chi connectivity index (χ0) is 22.3. The molecule has 1 aromatic heterocycles. The number of benzene rings is 3. The molecule has 0 saturated carbocycles. The second-order valence-electron chi connectivity index (χ2n) is 7.39. The lowest BCUT2D eigenvalue weighted by Crippen LogP contribution is -2.38. The van der Waals surface area contributed by atoms with Crippen LogP contribution >= 0.6 is 11.8 Å². The predicted molar refractivity (Wildman–Crippen MR) is 129 cm³/mol. The number of anilines is 3. The first-order chi connectivity index (χ1) is 15.6. The summed E-state index contributed by atoms with van der Waals surface area (Å²) < 4.78 is 1.64. The third-order valence-corrected chi connectivity index (χ3v) is 5.66. The van der Waals surface area contributed by atoms with Crippen LogP contribution in [0.25, 0.3) is 5.69 Å². The van der Waals surface area contributed by atoms with Gasteiger partial charge in [0.15, 0.2) is 0 Å². The quantitative estimate of drug-likeness (QED) is 0.388. The highest BCUT2D eigenvalue weighted by molar-refractivity contribution is 7.99. The van der Waals surface area contributed by atoms with Crippen LogP contribution in [0.3, 0.4) is 0 Å². The van der Waals surface area contributed by atoms with Gasteiger partial charge in [-0.15, -0.1) is 5.10 Å². The van der Waals surface area contributed by atoms with Crippen LogP contribution in [0.15, 0.2) is 90.1 Å². The average Bonchev–Trinajstić information content (AvgIpc) is 3.29. The molecule has 0 aliphatic rings. The number of carbonyl (C=O) groups excluding carboxylic acids is 1. The van der Waals surface area contributed by atoms with Crippen LogP contribution in [0, 0.1) is 0 Å². The lowest BCUT2D eigenvalue weighted by Gasteiger charge is -2.27. The molecule has 0 unspecified atom stereocenters. The fraction of sp³-hybridized carbons (Fsp3) is 0.167. The predicted octanol–water partition coefficient (Wildman–Crippen LogP) is 4.94. The Kier molecular flexibility index (Phi) is 6.81. The Balaban J connectivity index is 1.44. The number of thioether (sulfide) groups is 1. The molecule has 1 amide bonds. The molecule has 0 aliphatic heterocycles. The molecule has 1 heterocycles. The van der Waals surface area contributed by atoms with Crippen molar-refractivity contribution in [2.24, 2.45) is 0 Å². The maximum absolute atomic E-state index is 13.1. The SMILES string of the molecule is CC(C)N(C(=O)CSc1nnnn1-c1ccccc1)c1ccc(Nc2ccccc2)cc1. The van der Waals surface area contributed by atoms with Crippen LogP contribution in [-0.2, 0) is 4.79 Å². The Morgan fingerprint density at radius 2 is 1.56 bits per heavy atom. The normalized spacial score (nSPS) is 10.8. The molecule has 1 N–H and O–H groups in total. The van der Waals surface area contributed by atoms with Crippen LogP contribution in [0.2, 0.25) is 0 Å². The van der Waals surface area contributed by atoms with Gasteiger partial charge >= 0.3 is 0 Å². The summed E-state index contributed by atoms with van der Waals surface area (Å²) in [4.78, 5) is 14.9. The van der Waals surface area contributed by atoms with E-state index in [1.807, 2.05) is 98.8 Å². The van der Waals surface area contributed by atoms with Gasteiger partial charge < -0.3 is 10.2 Å². The zero-order valence-corrected chi connectivity index (χ0v) is 18.7. The van der Waals surface area contributed by atoms with E-state index in [9.17, 15) is 4.79 Å². The van der Waals surface area contributed by atoms with E-state index in [1.54, 1.807) is 9.58 Å². The molecule has 7 nitrogen and oxygen atoms in total. The first-order valence-corrected chi connectivity index (χ1v) is 11.3. The number of amides is 1. The third kappa shape index (κ3) is 5.15. The van der Waals surface area contributed by atoms with Crippen LogP contribution in [0.5, 0.6) is 0 Å². The van der Waals surface area contributed by atoms with Crippen molar-refractivity contribution in [3.8, 4) is 5.69 Å². The van der Waals surface area contributed by atoms with E-state index >= 15 is 0 Å². The zero-order valence-electron chi connectivity index (χ0n) is 17.9. The van der Waals surface area contributed by atoms with E-state index in [0.717, 1.165) is 22.7 Å². The van der Waals surface area contributed by atoms with Gasteiger partial charge in [-0.25, -0.2) is 0 Å². The Bertz CT molecular complexity index is 1150. The molecule has 0 spiro atoms. The number of nitrogens with one attached hydrogen (secondary N) is 1. The Hall–Kier alpha value is -3.65. The number of hydrogen-bond donors (Lipinski definition) is 1. The molecular formula is C24H24N6OS. The molecule has 0 fully saturated rings. The van der Waals surface area contributed by atoms with Crippen molar-refractivity contribution < 1.29 is 4.79 Å². The smallest absolute Gasteiger partial charge is 0.237 e. The van der Waals surface area contributed by atoms with Gasteiger partial charge in [-0.2, -0.15) is 4.68 Å². The summed E-state index contributed by atoms with van der Waals surface area (Å²) >= 11 is 1.33. The van der Waals surface area contributed by atoms with Gasteiger partial charge in [0.05, 0.1) is 11.4 Å². The second kappa shape index (κ2) is 10.1. The van der Waals surface area contributed by atoms with Crippen molar-refractivity contribution in [3.63, 3.8) is 0 Å². The first kappa shape index (κ1) is 21.6. The van der Waals surface area contributed by atoms with Crippen molar-refractivity contribution in [2.75, 3.05) is 16.0 Å². The van der Waals surface area contributed by atoms with E-state index in [1.165, 1.54) is 11.8 Å². The van der Waals surface area contributed by atoms with E-state index in [-0.39, 0.29) is 17.7 Å². The van der Waals surface area contributed by atoms with E-state index < -0.39 is 0 Å². The fourth-order valence-corrected chi connectivity index (χ4v) is 4.07. The number of para-hydroxylation sites is 2. The maximum Gasteiger partial charge on any atom is 0.237 e. The third-order valence-electron chi connectivity index (χ3n) is 4.76. The summed E-state index contributed by atoms with van der Waals surface area (Å²) in [6.45, 7) is 4.01. The first-order valence-electron chi connectivity index (χ1n) is 10.3. The molecule has 4 aromatic rings. The Morgan fingerprint density at radius 3 is 2.22 bits per heavy atom. The summed E-state index contributed by atoms with van der Waals surface area (Å²) in [5.41, 5.74) is 3.69. The Labute approximate surface area is 191 Å².